The lowest BCUT2D eigenvalue weighted by atomic mass is 10.3. The van der Waals surface area contributed by atoms with Crippen LogP contribution in [0.4, 0.5) is 10.1 Å². The first-order valence-corrected chi connectivity index (χ1v) is 6.61. The molecule has 0 spiro atoms. The second-order valence-electron chi connectivity index (χ2n) is 3.85. The van der Waals surface area contributed by atoms with Crippen molar-refractivity contribution in [2.24, 2.45) is 0 Å². The van der Waals surface area contributed by atoms with E-state index in [0.29, 0.717) is 21.4 Å². The fourth-order valence-corrected chi connectivity index (χ4v) is 2.67. The molecule has 0 aliphatic heterocycles. The molecule has 96 valence electrons. The van der Waals surface area contributed by atoms with Crippen molar-refractivity contribution in [3.8, 4) is 0 Å². The third kappa shape index (κ3) is 2.39. The zero-order valence-corrected chi connectivity index (χ0v) is 11.1. The lowest BCUT2D eigenvalue weighted by Gasteiger charge is -2.03. The highest BCUT2D eigenvalue weighted by atomic mass is 35.5. The summed E-state index contributed by atoms with van der Waals surface area (Å²) in [5.74, 6) is -0.541. The first kappa shape index (κ1) is 12.3. The average molecular weight is 295 g/mol. The van der Waals surface area contributed by atoms with Crippen molar-refractivity contribution in [2.75, 3.05) is 5.73 Å². The summed E-state index contributed by atoms with van der Waals surface area (Å²) in [6.07, 6.45) is 0. The molecular formula is C13H8ClFN2OS. The predicted octanol–water partition coefficient (Wildman–Crippen LogP) is 4.35. The van der Waals surface area contributed by atoms with Gasteiger partial charge >= 0.3 is 0 Å². The highest BCUT2D eigenvalue weighted by Gasteiger charge is 2.12. The molecular weight excluding hydrogens is 287 g/mol. The number of nitrogen functional groups attached to an aromatic ring is 1. The van der Waals surface area contributed by atoms with E-state index in [9.17, 15) is 4.39 Å². The lowest BCUT2D eigenvalue weighted by Crippen LogP contribution is -1.90. The molecule has 0 unspecified atom stereocenters. The minimum Gasteiger partial charge on any atom is -0.431 e. The van der Waals surface area contributed by atoms with Gasteiger partial charge in [0.25, 0.3) is 5.22 Å². The summed E-state index contributed by atoms with van der Waals surface area (Å²) in [7, 11) is 0. The second kappa shape index (κ2) is 4.75. The summed E-state index contributed by atoms with van der Waals surface area (Å²) < 4.78 is 18.8. The summed E-state index contributed by atoms with van der Waals surface area (Å²) in [5.41, 5.74) is 7.50. The van der Waals surface area contributed by atoms with Gasteiger partial charge in [-0.1, -0.05) is 23.7 Å². The molecule has 0 bridgehead atoms. The molecule has 0 amide bonds. The molecule has 0 atom stereocenters. The molecule has 2 N–H and O–H groups in total. The quantitative estimate of drug-likeness (QED) is 0.714. The van der Waals surface area contributed by atoms with Crippen LogP contribution in [0.2, 0.25) is 5.02 Å². The number of aromatic nitrogens is 1. The van der Waals surface area contributed by atoms with Gasteiger partial charge in [-0.15, -0.1) is 0 Å². The third-order valence-electron chi connectivity index (χ3n) is 2.52. The van der Waals surface area contributed by atoms with Gasteiger partial charge in [-0.25, -0.2) is 9.37 Å². The number of para-hydroxylation sites is 2. The SMILES string of the molecule is Nc1cc(F)c(Cl)cc1Sc1nc2ccccc2o1. The zero-order valence-electron chi connectivity index (χ0n) is 9.56. The number of anilines is 1. The third-order valence-corrected chi connectivity index (χ3v) is 3.74. The number of hydrogen-bond donors (Lipinski definition) is 1. The van der Waals surface area contributed by atoms with Crippen molar-refractivity contribution in [2.45, 2.75) is 10.1 Å². The molecule has 3 rings (SSSR count). The van der Waals surface area contributed by atoms with E-state index in [4.69, 9.17) is 21.8 Å². The van der Waals surface area contributed by atoms with Crippen LogP contribution in [0.3, 0.4) is 0 Å². The Hall–Kier alpha value is -1.72. The predicted molar refractivity (Wildman–Crippen MR) is 74.0 cm³/mol. The summed E-state index contributed by atoms with van der Waals surface area (Å²) in [4.78, 5) is 4.91. The van der Waals surface area contributed by atoms with Crippen molar-refractivity contribution in [3.63, 3.8) is 0 Å². The van der Waals surface area contributed by atoms with Gasteiger partial charge < -0.3 is 10.2 Å². The van der Waals surface area contributed by atoms with Crippen LogP contribution in [0.15, 0.2) is 50.9 Å². The number of halogens is 2. The Morgan fingerprint density at radius 1 is 1.26 bits per heavy atom. The molecule has 6 heteroatoms. The Kier molecular flexibility index (Phi) is 3.08. The maximum absolute atomic E-state index is 13.2. The van der Waals surface area contributed by atoms with Gasteiger partial charge in [0.2, 0.25) is 0 Å². The standard InChI is InChI=1S/C13H8ClFN2OS/c14-7-5-12(9(16)6-8(7)15)19-13-17-10-3-1-2-4-11(10)18-13/h1-6H,16H2. The molecule has 1 heterocycles. The van der Waals surface area contributed by atoms with Crippen molar-refractivity contribution in [3.05, 3.63) is 47.2 Å². The van der Waals surface area contributed by atoms with E-state index in [1.54, 1.807) is 0 Å². The number of oxazole rings is 1. The van der Waals surface area contributed by atoms with Crippen LogP contribution in [-0.4, -0.2) is 4.98 Å². The molecule has 19 heavy (non-hydrogen) atoms. The van der Waals surface area contributed by atoms with Gasteiger partial charge in [0.1, 0.15) is 11.3 Å². The van der Waals surface area contributed by atoms with E-state index in [1.165, 1.54) is 23.9 Å². The van der Waals surface area contributed by atoms with Crippen LogP contribution in [0.5, 0.6) is 0 Å². The maximum atomic E-state index is 13.2. The Morgan fingerprint density at radius 2 is 2.05 bits per heavy atom. The Balaban J connectivity index is 1.98. The van der Waals surface area contributed by atoms with E-state index >= 15 is 0 Å². The van der Waals surface area contributed by atoms with Gasteiger partial charge in [0, 0.05) is 10.6 Å². The highest BCUT2D eigenvalue weighted by molar-refractivity contribution is 7.99. The number of nitrogens with zero attached hydrogens (tertiary/aromatic N) is 1. The highest BCUT2D eigenvalue weighted by Crippen LogP contribution is 2.35. The monoisotopic (exact) mass is 294 g/mol. The van der Waals surface area contributed by atoms with E-state index in [0.717, 1.165) is 5.52 Å². The summed E-state index contributed by atoms with van der Waals surface area (Å²) in [6.45, 7) is 0. The lowest BCUT2D eigenvalue weighted by molar-refractivity contribution is 0.489. The van der Waals surface area contributed by atoms with Crippen molar-refractivity contribution < 1.29 is 8.81 Å². The summed E-state index contributed by atoms with van der Waals surface area (Å²) in [6, 6.07) is 10.1. The van der Waals surface area contributed by atoms with Crippen LogP contribution in [0, 0.1) is 5.82 Å². The van der Waals surface area contributed by atoms with Crippen LogP contribution in [-0.2, 0) is 0 Å². The smallest absolute Gasteiger partial charge is 0.261 e. The van der Waals surface area contributed by atoms with E-state index < -0.39 is 5.82 Å². The molecule has 0 saturated carbocycles. The first-order valence-electron chi connectivity index (χ1n) is 5.41. The fraction of sp³-hybridized carbons (Fsp3) is 0. The number of hydrogen-bond acceptors (Lipinski definition) is 4. The Bertz CT molecular complexity index is 726. The molecule has 0 fully saturated rings. The average Bonchev–Trinajstić information content (AvgIpc) is 2.78. The Labute approximate surface area is 117 Å². The number of rotatable bonds is 2. The topological polar surface area (TPSA) is 52.0 Å². The van der Waals surface area contributed by atoms with Gasteiger partial charge in [0.15, 0.2) is 5.58 Å². The van der Waals surface area contributed by atoms with Crippen LogP contribution >= 0.6 is 23.4 Å². The van der Waals surface area contributed by atoms with Gasteiger partial charge in [-0.2, -0.15) is 0 Å². The maximum Gasteiger partial charge on any atom is 0.261 e. The largest absolute Gasteiger partial charge is 0.431 e. The fourth-order valence-electron chi connectivity index (χ4n) is 1.62. The molecule has 0 aliphatic carbocycles. The zero-order chi connectivity index (χ0) is 13.4. The molecule has 0 aliphatic rings. The van der Waals surface area contributed by atoms with E-state index in [-0.39, 0.29) is 5.02 Å². The minimum atomic E-state index is -0.541. The van der Waals surface area contributed by atoms with Crippen LogP contribution in [0.1, 0.15) is 0 Å². The van der Waals surface area contributed by atoms with Crippen molar-refractivity contribution in [1.29, 1.82) is 0 Å². The first-order chi connectivity index (χ1) is 9.13. The molecule has 3 nitrogen and oxygen atoms in total. The summed E-state index contributed by atoms with van der Waals surface area (Å²) >= 11 is 6.94. The number of nitrogens with two attached hydrogens (primary N) is 1. The van der Waals surface area contributed by atoms with Crippen molar-refractivity contribution in [1.82, 2.24) is 4.98 Å². The normalized spacial score (nSPS) is 11.1. The number of benzene rings is 2. The molecule has 0 radical (unpaired) electrons. The molecule has 1 aromatic heterocycles. The van der Waals surface area contributed by atoms with E-state index in [2.05, 4.69) is 4.98 Å². The minimum absolute atomic E-state index is 0.0211. The molecule has 2 aromatic carbocycles. The van der Waals surface area contributed by atoms with Crippen LogP contribution < -0.4 is 5.73 Å². The molecule has 3 aromatic rings. The second-order valence-corrected chi connectivity index (χ2v) is 5.25. The van der Waals surface area contributed by atoms with E-state index in [1.807, 2.05) is 24.3 Å². The molecule has 0 saturated heterocycles. The van der Waals surface area contributed by atoms with Crippen molar-refractivity contribution >= 4 is 40.1 Å². The van der Waals surface area contributed by atoms with Gasteiger partial charge in [-0.05, 0) is 36.0 Å². The Morgan fingerprint density at radius 3 is 2.84 bits per heavy atom. The van der Waals surface area contributed by atoms with Gasteiger partial charge in [-0.3, -0.25) is 0 Å². The number of fused-ring (bicyclic) bond motifs is 1. The summed E-state index contributed by atoms with van der Waals surface area (Å²) in [5, 5.41) is 0.461. The van der Waals surface area contributed by atoms with Crippen LogP contribution in [0.25, 0.3) is 11.1 Å². The van der Waals surface area contributed by atoms with Gasteiger partial charge in [0.05, 0.1) is 5.02 Å².